The minimum absolute atomic E-state index is 0.151. The van der Waals surface area contributed by atoms with E-state index in [2.05, 4.69) is 15.4 Å². The van der Waals surface area contributed by atoms with Gasteiger partial charge < -0.3 is 0 Å². The number of aromatic nitrogens is 4. The molecular weight excluding hydrogens is 188 g/mol. The number of hydrogen-bond donors (Lipinski definition) is 0. The quantitative estimate of drug-likeness (QED) is 0.346. The zero-order valence-corrected chi connectivity index (χ0v) is 7.72. The summed E-state index contributed by atoms with van der Waals surface area (Å²) in [4.78, 5) is 33.8. The molecule has 7 nitrogen and oxygen atoms in total. The highest BCUT2D eigenvalue weighted by atomic mass is 16.2. The molecule has 0 bridgehead atoms. The van der Waals surface area contributed by atoms with Crippen LogP contribution in [-0.2, 0) is 16.6 Å². The summed E-state index contributed by atoms with van der Waals surface area (Å²) in [5.74, 6) is -2.15. The van der Waals surface area contributed by atoms with Crippen molar-refractivity contribution in [3.8, 4) is 0 Å². The van der Waals surface area contributed by atoms with Crippen molar-refractivity contribution in [1.82, 2.24) is 20.2 Å². The fourth-order valence-electron chi connectivity index (χ4n) is 0.745. The Hall–Kier alpha value is -1.92. The highest BCUT2D eigenvalue weighted by Gasteiger charge is 2.18. The van der Waals surface area contributed by atoms with E-state index in [4.69, 9.17) is 0 Å². The van der Waals surface area contributed by atoms with Gasteiger partial charge in [-0.15, -0.1) is 10.2 Å². The third kappa shape index (κ3) is 2.28. The van der Waals surface area contributed by atoms with Crippen LogP contribution in [0.4, 0.5) is 0 Å². The monoisotopic (exact) mass is 196 g/mol. The lowest BCUT2D eigenvalue weighted by atomic mass is 10.1. The largest absolute Gasteiger partial charge is 0.291 e. The molecule has 0 aliphatic heterocycles. The second-order valence-electron chi connectivity index (χ2n) is 2.68. The molecular formula is C7H8N4O3. The minimum atomic E-state index is -0.748. The van der Waals surface area contributed by atoms with E-state index in [-0.39, 0.29) is 5.82 Å². The van der Waals surface area contributed by atoms with Crippen LogP contribution in [0.25, 0.3) is 0 Å². The van der Waals surface area contributed by atoms with Gasteiger partial charge in [0.1, 0.15) is 0 Å². The van der Waals surface area contributed by atoms with E-state index in [9.17, 15) is 14.4 Å². The van der Waals surface area contributed by atoms with Gasteiger partial charge in [-0.3, -0.25) is 14.4 Å². The summed E-state index contributed by atoms with van der Waals surface area (Å²) < 4.78 is 0. The van der Waals surface area contributed by atoms with Crippen molar-refractivity contribution >= 4 is 17.3 Å². The number of nitrogens with zero attached hydrogens (tertiary/aromatic N) is 4. The van der Waals surface area contributed by atoms with Crippen molar-refractivity contribution in [3.05, 3.63) is 5.82 Å². The van der Waals surface area contributed by atoms with Gasteiger partial charge in [0.05, 0.1) is 13.5 Å². The van der Waals surface area contributed by atoms with Crippen LogP contribution in [0.1, 0.15) is 24.0 Å². The van der Waals surface area contributed by atoms with Gasteiger partial charge in [0.2, 0.25) is 17.4 Å². The van der Waals surface area contributed by atoms with Crippen LogP contribution >= 0.6 is 0 Å². The van der Waals surface area contributed by atoms with Gasteiger partial charge in [-0.1, -0.05) is 0 Å². The smallest absolute Gasteiger partial charge is 0.240 e. The standard InChI is InChI=1S/C7H8N4O3/c1-4(12)5(13)3-6(14)7-8-10-11(2)9-7/h3H2,1-2H3. The Morgan fingerprint density at radius 3 is 2.43 bits per heavy atom. The van der Waals surface area contributed by atoms with Crippen molar-refractivity contribution in [3.63, 3.8) is 0 Å². The molecule has 0 radical (unpaired) electrons. The van der Waals surface area contributed by atoms with Crippen LogP contribution in [0.2, 0.25) is 0 Å². The van der Waals surface area contributed by atoms with Crippen molar-refractivity contribution < 1.29 is 14.4 Å². The maximum Gasteiger partial charge on any atom is 0.240 e. The molecule has 1 aromatic heterocycles. The lowest BCUT2D eigenvalue weighted by Gasteiger charge is -1.91. The van der Waals surface area contributed by atoms with Crippen molar-refractivity contribution in [2.24, 2.45) is 7.05 Å². The molecule has 0 N–H and O–H groups in total. The Morgan fingerprint density at radius 1 is 1.36 bits per heavy atom. The zero-order chi connectivity index (χ0) is 10.7. The van der Waals surface area contributed by atoms with E-state index in [0.717, 1.165) is 11.7 Å². The van der Waals surface area contributed by atoms with Crippen LogP contribution in [0, 0.1) is 0 Å². The van der Waals surface area contributed by atoms with Crippen molar-refractivity contribution in [2.45, 2.75) is 13.3 Å². The number of ketones is 3. The van der Waals surface area contributed by atoms with Gasteiger partial charge >= 0.3 is 0 Å². The third-order valence-electron chi connectivity index (χ3n) is 1.47. The average Bonchev–Trinajstić information content (AvgIpc) is 2.51. The molecule has 1 heterocycles. The summed E-state index contributed by atoms with van der Waals surface area (Å²) in [6.45, 7) is 1.11. The molecule has 1 aromatic rings. The van der Waals surface area contributed by atoms with Gasteiger partial charge in [0.15, 0.2) is 5.78 Å². The highest BCUT2D eigenvalue weighted by molar-refractivity contribution is 6.40. The van der Waals surface area contributed by atoms with Gasteiger partial charge in [0.25, 0.3) is 0 Å². The molecule has 74 valence electrons. The Balaban J connectivity index is 2.68. The topological polar surface area (TPSA) is 94.8 Å². The van der Waals surface area contributed by atoms with E-state index in [0.29, 0.717) is 0 Å². The van der Waals surface area contributed by atoms with Crippen LogP contribution in [0.3, 0.4) is 0 Å². The molecule has 0 atom stereocenters. The molecule has 0 unspecified atom stereocenters. The maximum atomic E-state index is 11.2. The molecule has 1 rings (SSSR count). The maximum absolute atomic E-state index is 11.2. The first-order chi connectivity index (χ1) is 6.50. The SMILES string of the molecule is CC(=O)C(=O)CC(=O)c1nnn(C)n1. The predicted octanol–water partition coefficient (Wildman–Crippen LogP) is -1.06. The van der Waals surface area contributed by atoms with Crippen LogP contribution < -0.4 is 0 Å². The zero-order valence-electron chi connectivity index (χ0n) is 7.72. The summed E-state index contributed by atoms with van der Waals surface area (Å²) in [7, 11) is 1.50. The second-order valence-corrected chi connectivity index (χ2v) is 2.68. The van der Waals surface area contributed by atoms with Crippen LogP contribution in [0.15, 0.2) is 0 Å². The minimum Gasteiger partial charge on any atom is -0.291 e. The molecule has 0 fully saturated rings. The lowest BCUT2D eigenvalue weighted by molar-refractivity contribution is -0.134. The molecule has 0 aromatic carbocycles. The average molecular weight is 196 g/mol. The number of Topliss-reactive ketones (excluding diaryl/α,β-unsaturated/α-hetero) is 3. The number of rotatable bonds is 4. The summed E-state index contributed by atoms with van der Waals surface area (Å²) >= 11 is 0. The normalized spacial score (nSPS) is 9.86. The Labute approximate surface area is 79.1 Å². The highest BCUT2D eigenvalue weighted by Crippen LogP contribution is 1.95. The van der Waals surface area contributed by atoms with Gasteiger partial charge in [0, 0.05) is 6.92 Å². The van der Waals surface area contributed by atoms with Gasteiger partial charge in [-0.2, -0.15) is 4.80 Å². The number of carbonyl (C=O) groups excluding carboxylic acids is 3. The molecule has 14 heavy (non-hydrogen) atoms. The lowest BCUT2D eigenvalue weighted by Crippen LogP contribution is -2.16. The number of tetrazole rings is 1. The van der Waals surface area contributed by atoms with Crippen molar-refractivity contribution in [1.29, 1.82) is 0 Å². The van der Waals surface area contributed by atoms with E-state index in [1.165, 1.54) is 7.05 Å². The van der Waals surface area contributed by atoms with Crippen LogP contribution in [-0.4, -0.2) is 37.6 Å². The molecule has 0 saturated carbocycles. The summed E-state index contributed by atoms with van der Waals surface area (Å²) in [6, 6.07) is 0. The van der Waals surface area contributed by atoms with E-state index < -0.39 is 23.8 Å². The molecule has 7 heteroatoms. The third-order valence-corrected chi connectivity index (χ3v) is 1.47. The number of hydrogen-bond acceptors (Lipinski definition) is 6. The Kier molecular flexibility index (Phi) is 2.80. The van der Waals surface area contributed by atoms with Crippen LogP contribution in [0.5, 0.6) is 0 Å². The van der Waals surface area contributed by atoms with Gasteiger partial charge in [-0.05, 0) is 5.21 Å². The summed E-state index contributed by atoms with van der Waals surface area (Å²) in [5.41, 5.74) is 0. The van der Waals surface area contributed by atoms with E-state index in [1.54, 1.807) is 0 Å². The second kappa shape index (κ2) is 3.86. The first-order valence-corrected chi connectivity index (χ1v) is 3.81. The molecule has 0 aliphatic carbocycles. The Bertz CT molecular complexity index is 395. The number of carbonyl (C=O) groups is 3. The molecule has 0 spiro atoms. The van der Waals surface area contributed by atoms with Gasteiger partial charge in [-0.25, -0.2) is 0 Å². The number of aryl methyl sites for hydroxylation is 1. The summed E-state index contributed by atoms with van der Waals surface area (Å²) in [5, 5.41) is 10.4. The first-order valence-electron chi connectivity index (χ1n) is 3.81. The molecule has 0 aliphatic rings. The fraction of sp³-hybridized carbons (Fsp3) is 0.429. The van der Waals surface area contributed by atoms with E-state index in [1.807, 2.05) is 0 Å². The first kappa shape index (κ1) is 10.2. The Morgan fingerprint density at radius 2 is 2.00 bits per heavy atom. The summed E-state index contributed by atoms with van der Waals surface area (Å²) in [6.07, 6.45) is -0.499. The molecule has 0 amide bonds. The fourth-order valence-corrected chi connectivity index (χ4v) is 0.745. The van der Waals surface area contributed by atoms with E-state index >= 15 is 0 Å². The van der Waals surface area contributed by atoms with Crippen molar-refractivity contribution in [2.75, 3.05) is 0 Å². The molecule has 0 saturated heterocycles. The predicted molar refractivity (Wildman–Crippen MR) is 43.4 cm³/mol.